The van der Waals surface area contributed by atoms with Crippen LogP contribution < -0.4 is 9.46 Å². The highest BCUT2D eigenvalue weighted by atomic mass is 32.2. The number of rotatable bonds is 8. The van der Waals surface area contributed by atoms with Gasteiger partial charge < -0.3 is 9.84 Å². The normalized spacial score (nSPS) is 12.7. The smallest absolute Gasteiger partial charge is 0.344 e. The molecule has 0 amide bonds. The minimum atomic E-state index is -3.33. The van der Waals surface area contributed by atoms with Gasteiger partial charge in [0.15, 0.2) is 6.10 Å². The molecule has 112 valence electrons. The standard InChI is InChI=1S/C13H19NO5S/c1-3-4-9-20(17,18)14-11-5-7-12(8-6-11)19-10(2)13(15)16/h5-8,10,14H,3-4,9H2,1-2H3,(H,15,16). The fraction of sp³-hybridized carbons (Fsp3) is 0.462. The maximum absolute atomic E-state index is 11.7. The average Bonchev–Trinajstić information content (AvgIpc) is 2.38. The molecule has 1 atom stereocenters. The van der Waals surface area contributed by atoms with Crippen LogP contribution >= 0.6 is 0 Å². The number of carboxylic acids is 1. The zero-order valence-electron chi connectivity index (χ0n) is 11.5. The van der Waals surface area contributed by atoms with E-state index in [1.54, 1.807) is 0 Å². The molecular formula is C13H19NO5S. The monoisotopic (exact) mass is 301 g/mol. The predicted octanol–water partition coefficient (Wildman–Crippen LogP) is 2.08. The van der Waals surface area contributed by atoms with Crippen LogP contribution in [0.25, 0.3) is 0 Å². The van der Waals surface area contributed by atoms with Crippen molar-refractivity contribution in [1.29, 1.82) is 0 Å². The number of benzene rings is 1. The summed E-state index contributed by atoms with van der Waals surface area (Å²) >= 11 is 0. The van der Waals surface area contributed by atoms with Crippen LogP contribution in [0, 0.1) is 0 Å². The lowest BCUT2D eigenvalue weighted by Crippen LogP contribution is -2.22. The van der Waals surface area contributed by atoms with Crippen LogP contribution in [0.2, 0.25) is 0 Å². The molecule has 7 heteroatoms. The van der Waals surface area contributed by atoms with Gasteiger partial charge in [-0.3, -0.25) is 4.72 Å². The SMILES string of the molecule is CCCCS(=O)(=O)Nc1ccc(OC(C)C(=O)O)cc1. The van der Waals surface area contributed by atoms with E-state index in [1.807, 2.05) is 6.92 Å². The van der Waals surface area contributed by atoms with Gasteiger partial charge in [0.1, 0.15) is 5.75 Å². The van der Waals surface area contributed by atoms with Crippen molar-refractivity contribution in [3.8, 4) is 5.75 Å². The van der Waals surface area contributed by atoms with Crippen LogP contribution in [0.3, 0.4) is 0 Å². The second kappa shape index (κ2) is 7.14. The topological polar surface area (TPSA) is 92.7 Å². The fourth-order valence-corrected chi connectivity index (χ4v) is 2.69. The molecule has 0 saturated heterocycles. The third-order valence-corrected chi connectivity index (χ3v) is 3.93. The molecule has 0 aliphatic heterocycles. The van der Waals surface area contributed by atoms with Crippen LogP contribution in [0.1, 0.15) is 26.7 Å². The molecule has 0 saturated carbocycles. The Morgan fingerprint density at radius 3 is 2.45 bits per heavy atom. The summed E-state index contributed by atoms with van der Waals surface area (Å²) in [6.07, 6.45) is 0.454. The number of hydrogen-bond acceptors (Lipinski definition) is 4. The minimum Gasteiger partial charge on any atom is -0.479 e. The van der Waals surface area contributed by atoms with E-state index in [0.29, 0.717) is 17.9 Å². The maximum Gasteiger partial charge on any atom is 0.344 e. The molecule has 1 rings (SSSR count). The highest BCUT2D eigenvalue weighted by Gasteiger charge is 2.13. The zero-order chi connectivity index (χ0) is 15.2. The molecule has 0 bridgehead atoms. The zero-order valence-corrected chi connectivity index (χ0v) is 12.3. The van der Waals surface area contributed by atoms with Crippen molar-refractivity contribution in [2.45, 2.75) is 32.8 Å². The molecule has 1 aromatic rings. The van der Waals surface area contributed by atoms with Crippen molar-refractivity contribution in [2.75, 3.05) is 10.5 Å². The molecule has 0 spiro atoms. The van der Waals surface area contributed by atoms with Gasteiger partial charge in [-0.15, -0.1) is 0 Å². The van der Waals surface area contributed by atoms with Gasteiger partial charge in [-0.05, 0) is 37.6 Å². The van der Waals surface area contributed by atoms with Crippen molar-refractivity contribution in [3.63, 3.8) is 0 Å². The highest BCUT2D eigenvalue weighted by Crippen LogP contribution is 2.18. The quantitative estimate of drug-likeness (QED) is 0.767. The van der Waals surface area contributed by atoms with Gasteiger partial charge in [-0.25, -0.2) is 13.2 Å². The number of ether oxygens (including phenoxy) is 1. The van der Waals surface area contributed by atoms with E-state index in [-0.39, 0.29) is 5.75 Å². The Balaban J connectivity index is 2.65. The van der Waals surface area contributed by atoms with Gasteiger partial charge in [-0.2, -0.15) is 0 Å². The van der Waals surface area contributed by atoms with E-state index in [4.69, 9.17) is 9.84 Å². The molecule has 2 N–H and O–H groups in total. The Bertz CT molecular complexity index is 538. The molecule has 0 fully saturated rings. The summed E-state index contributed by atoms with van der Waals surface area (Å²) < 4.78 is 31.0. The molecule has 1 unspecified atom stereocenters. The van der Waals surface area contributed by atoms with Crippen LogP contribution in [-0.2, 0) is 14.8 Å². The Hall–Kier alpha value is -1.76. The summed E-state index contributed by atoms with van der Waals surface area (Å²) in [4.78, 5) is 10.6. The molecule has 0 aliphatic rings. The summed E-state index contributed by atoms with van der Waals surface area (Å²) in [5, 5.41) is 8.72. The molecule has 1 aromatic carbocycles. The second-order valence-electron chi connectivity index (χ2n) is 4.40. The first-order valence-electron chi connectivity index (χ1n) is 6.34. The van der Waals surface area contributed by atoms with E-state index in [2.05, 4.69) is 4.72 Å². The van der Waals surface area contributed by atoms with Crippen LogP contribution in [0.15, 0.2) is 24.3 Å². The number of sulfonamides is 1. The van der Waals surface area contributed by atoms with Gasteiger partial charge in [0.2, 0.25) is 10.0 Å². The molecule has 0 heterocycles. The lowest BCUT2D eigenvalue weighted by Gasteiger charge is -2.11. The van der Waals surface area contributed by atoms with Crippen LogP contribution in [0.4, 0.5) is 5.69 Å². The third kappa shape index (κ3) is 5.48. The van der Waals surface area contributed by atoms with Crippen molar-refractivity contribution in [1.82, 2.24) is 0 Å². The van der Waals surface area contributed by atoms with E-state index < -0.39 is 22.1 Å². The molecule has 0 radical (unpaired) electrons. The van der Waals surface area contributed by atoms with Gasteiger partial charge in [-0.1, -0.05) is 13.3 Å². The maximum atomic E-state index is 11.7. The molecule has 0 aromatic heterocycles. The summed E-state index contributed by atoms with van der Waals surface area (Å²) in [7, 11) is -3.33. The first-order valence-corrected chi connectivity index (χ1v) is 7.99. The van der Waals surface area contributed by atoms with E-state index in [1.165, 1.54) is 31.2 Å². The first-order chi connectivity index (χ1) is 9.34. The largest absolute Gasteiger partial charge is 0.479 e. The van der Waals surface area contributed by atoms with Crippen molar-refractivity contribution in [3.05, 3.63) is 24.3 Å². The molecular weight excluding hydrogens is 282 g/mol. The number of anilines is 1. The molecule has 6 nitrogen and oxygen atoms in total. The van der Waals surface area contributed by atoms with Crippen LogP contribution in [0.5, 0.6) is 5.75 Å². The van der Waals surface area contributed by atoms with Crippen molar-refractivity contribution in [2.24, 2.45) is 0 Å². The number of carboxylic acid groups (broad SMARTS) is 1. The number of nitrogens with one attached hydrogen (secondary N) is 1. The van der Waals surface area contributed by atoms with Gasteiger partial charge in [0.05, 0.1) is 5.75 Å². The van der Waals surface area contributed by atoms with Crippen LogP contribution in [-0.4, -0.2) is 31.4 Å². The Kier molecular flexibility index (Phi) is 5.82. The first kappa shape index (κ1) is 16.3. The fourth-order valence-electron chi connectivity index (χ4n) is 1.42. The lowest BCUT2D eigenvalue weighted by atomic mass is 10.3. The molecule has 20 heavy (non-hydrogen) atoms. The number of aliphatic carboxylic acids is 1. The summed E-state index contributed by atoms with van der Waals surface area (Å²) in [6, 6.07) is 6.12. The molecule has 0 aliphatic carbocycles. The summed E-state index contributed by atoms with van der Waals surface area (Å²) in [5.74, 6) is -0.608. The van der Waals surface area contributed by atoms with E-state index in [9.17, 15) is 13.2 Å². The number of unbranched alkanes of at least 4 members (excludes halogenated alkanes) is 1. The Labute approximate surface area is 118 Å². The third-order valence-electron chi connectivity index (χ3n) is 2.55. The second-order valence-corrected chi connectivity index (χ2v) is 6.24. The van der Waals surface area contributed by atoms with E-state index in [0.717, 1.165) is 6.42 Å². The number of carbonyl (C=O) groups is 1. The average molecular weight is 301 g/mol. The minimum absolute atomic E-state index is 0.0812. The Morgan fingerprint density at radius 1 is 1.35 bits per heavy atom. The Morgan fingerprint density at radius 2 is 1.95 bits per heavy atom. The van der Waals surface area contributed by atoms with Gasteiger partial charge in [0, 0.05) is 5.69 Å². The van der Waals surface area contributed by atoms with Gasteiger partial charge >= 0.3 is 5.97 Å². The summed E-state index contributed by atoms with van der Waals surface area (Å²) in [6.45, 7) is 3.34. The van der Waals surface area contributed by atoms with Crippen molar-refractivity contribution < 1.29 is 23.1 Å². The lowest BCUT2D eigenvalue weighted by molar-refractivity contribution is -0.144. The van der Waals surface area contributed by atoms with E-state index >= 15 is 0 Å². The summed E-state index contributed by atoms with van der Waals surface area (Å²) in [5.41, 5.74) is 0.427. The van der Waals surface area contributed by atoms with Gasteiger partial charge in [0.25, 0.3) is 0 Å². The predicted molar refractivity (Wildman–Crippen MR) is 76.5 cm³/mol. The number of hydrogen-bond donors (Lipinski definition) is 2. The highest BCUT2D eigenvalue weighted by molar-refractivity contribution is 7.92. The van der Waals surface area contributed by atoms with Crippen molar-refractivity contribution >= 4 is 21.7 Å².